The first-order chi connectivity index (χ1) is 8.58. The first-order valence-electron chi connectivity index (χ1n) is 7.88. The third-order valence-electron chi connectivity index (χ3n) is 2.73. The maximum Gasteiger partial charge on any atom is 0.225 e. The highest BCUT2D eigenvalue weighted by molar-refractivity contribution is 5.79. The minimum atomic E-state index is 0.238. The SMILES string of the molecule is CC.CC.CCCC(CC)C(=O)N(CC)C(C)C. The van der Waals surface area contributed by atoms with E-state index in [0.717, 1.165) is 25.8 Å². The molecular weight excluding hydrogens is 222 g/mol. The zero-order chi connectivity index (χ0) is 15.1. The van der Waals surface area contributed by atoms with Crippen LogP contribution in [0.25, 0.3) is 0 Å². The lowest BCUT2D eigenvalue weighted by atomic mass is 9.98. The lowest BCUT2D eigenvalue weighted by Crippen LogP contribution is -2.40. The van der Waals surface area contributed by atoms with Gasteiger partial charge in [0.05, 0.1) is 0 Å². The summed E-state index contributed by atoms with van der Waals surface area (Å²) in [6, 6.07) is 0.332. The van der Waals surface area contributed by atoms with Crippen molar-refractivity contribution in [2.45, 2.75) is 87.6 Å². The number of carbonyl (C=O) groups is 1. The Morgan fingerprint density at radius 3 is 1.67 bits per heavy atom. The fourth-order valence-corrected chi connectivity index (χ4v) is 1.86. The highest BCUT2D eigenvalue weighted by Crippen LogP contribution is 2.15. The van der Waals surface area contributed by atoms with Gasteiger partial charge in [-0.25, -0.2) is 0 Å². The average Bonchev–Trinajstić information content (AvgIpc) is 2.40. The maximum atomic E-state index is 12.1. The largest absolute Gasteiger partial charge is 0.340 e. The lowest BCUT2D eigenvalue weighted by molar-refractivity contribution is -0.137. The standard InChI is InChI=1S/C12H25NO.2C2H6/c1-6-9-11(7-2)12(14)13(8-3)10(4)5;2*1-2/h10-11H,6-9H2,1-5H3;2*1-2H3. The van der Waals surface area contributed by atoms with Crippen LogP contribution in [0.1, 0.15) is 81.6 Å². The van der Waals surface area contributed by atoms with Gasteiger partial charge in [-0.2, -0.15) is 0 Å². The predicted octanol–water partition coefficient (Wildman–Crippen LogP) is 5.12. The third-order valence-corrected chi connectivity index (χ3v) is 2.73. The van der Waals surface area contributed by atoms with Crippen molar-refractivity contribution in [1.29, 1.82) is 0 Å². The molecule has 2 nitrogen and oxygen atoms in total. The Labute approximate surface area is 116 Å². The van der Waals surface area contributed by atoms with Gasteiger partial charge in [-0.1, -0.05) is 48.0 Å². The fourth-order valence-electron chi connectivity index (χ4n) is 1.86. The summed E-state index contributed by atoms with van der Waals surface area (Å²) in [6.07, 6.45) is 3.09. The number of rotatable bonds is 6. The molecule has 0 heterocycles. The second kappa shape index (κ2) is 16.5. The van der Waals surface area contributed by atoms with Crippen LogP contribution in [-0.4, -0.2) is 23.4 Å². The number of carbonyl (C=O) groups excluding carboxylic acids is 1. The molecule has 0 bridgehead atoms. The third kappa shape index (κ3) is 9.49. The molecule has 1 unspecified atom stereocenters. The molecule has 2 heteroatoms. The normalized spacial score (nSPS) is 10.8. The number of hydrogen-bond acceptors (Lipinski definition) is 1. The highest BCUT2D eigenvalue weighted by atomic mass is 16.2. The van der Waals surface area contributed by atoms with Crippen molar-refractivity contribution < 1.29 is 4.79 Å². The van der Waals surface area contributed by atoms with Crippen LogP contribution in [0.5, 0.6) is 0 Å². The van der Waals surface area contributed by atoms with Crippen LogP contribution in [0, 0.1) is 5.92 Å². The zero-order valence-electron chi connectivity index (χ0n) is 14.3. The summed E-state index contributed by atoms with van der Waals surface area (Å²) >= 11 is 0. The molecule has 0 aromatic rings. The molecule has 0 radical (unpaired) electrons. The van der Waals surface area contributed by atoms with E-state index in [1.54, 1.807) is 0 Å². The minimum Gasteiger partial charge on any atom is -0.340 e. The molecule has 0 saturated carbocycles. The van der Waals surface area contributed by atoms with Crippen molar-refractivity contribution in [1.82, 2.24) is 4.90 Å². The molecule has 0 rings (SSSR count). The van der Waals surface area contributed by atoms with Gasteiger partial charge in [0.25, 0.3) is 0 Å². The lowest BCUT2D eigenvalue weighted by Gasteiger charge is -2.29. The highest BCUT2D eigenvalue weighted by Gasteiger charge is 2.22. The van der Waals surface area contributed by atoms with Crippen LogP contribution >= 0.6 is 0 Å². The van der Waals surface area contributed by atoms with Crippen LogP contribution in [0.15, 0.2) is 0 Å². The summed E-state index contributed by atoms with van der Waals surface area (Å²) in [5.41, 5.74) is 0. The van der Waals surface area contributed by atoms with E-state index in [4.69, 9.17) is 0 Å². The molecule has 0 fully saturated rings. The molecule has 1 amide bonds. The van der Waals surface area contributed by atoms with E-state index in [1.807, 2.05) is 32.6 Å². The maximum absolute atomic E-state index is 12.1. The number of nitrogens with zero attached hydrogens (tertiary/aromatic N) is 1. The molecule has 0 N–H and O–H groups in total. The first kappa shape index (κ1) is 22.6. The Hall–Kier alpha value is -0.530. The van der Waals surface area contributed by atoms with Crippen molar-refractivity contribution in [2.24, 2.45) is 5.92 Å². The molecular formula is C16H37NO. The Kier molecular flexibility index (Phi) is 20.7. The summed E-state index contributed by atoms with van der Waals surface area (Å²) < 4.78 is 0. The van der Waals surface area contributed by atoms with Gasteiger partial charge in [-0.3, -0.25) is 4.79 Å². The molecule has 0 aliphatic heterocycles. The summed E-state index contributed by atoms with van der Waals surface area (Å²) in [7, 11) is 0. The van der Waals surface area contributed by atoms with Gasteiger partial charge in [-0.15, -0.1) is 0 Å². The summed E-state index contributed by atoms with van der Waals surface area (Å²) in [6.45, 7) is 19.3. The molecule has 0 aliphatic rings. The summed E-state index contributed by atoms with van der Waals surface area (Å²) in [5, 5.41) is 0. The monoisotopic (exact) mass is 259 g/mol. The summed E-state index contributed by atoms with van der Waals surface area (Å²) in [5.74, 6) is 0.578. The quantitative estimate of drug-likeness (QED) is 0.648. The van der Waals surface area contributed by atoms with E-state index in [2.05, 4.69) is 34.6 Å². The van der Waals surface area contributed by atoms with E-state index >= 15 is 0 Å². The van der Waals surface area contributed by atoms with Crippen molar-refractivity contribution in [3.05, 3.63) is 0 Å². The van der Waals surface area contributed by atoms with Crippen LogP contribution in [-0.2, 0) is 4.79 Å². The molecule has 0 spiro atoms. The topological polar surface area (TPSA) is 20.3 Å². The van der Waals surface area contributed by atoms with Crippen molar-refractivity contribution in [3.63, 3.8) is 0 Å². The summed E-state index contributed by atoms with van der Waals surface area (Å²) in [4.78, 5) is 14.0. The number of hydrogen-bond donors (Lipinski definition) is 0. The molecule has 0 aromatic carbocycles. The molecule has 112 valence electrons. The Bertz CT molecular complexity index is 166. The van der Waals surface area contributed by atoms with Gasteiger partial charge in [0.15, 0.2) is 0 Å². The van der Waals surface area contributed by atoms with Gasteiger partial charge in [0, 0.05) is 18.5 Å². The van der Waals surface area contributed by atoms with Gasteiger partial charge in [-0.05, 0) is 33.6 Å². The van der Waals surface area contributed by atoms with Crippen LogP contribution in [0.2, 0.25) is 0 Å². The van der Waals surface area contributed by atoms with Crippen LogP contribution in [0.4, 0.5) is 0 Å². The molecule has 0 aromatic heterocycles. The second-order valence-electron chi connectivity index (χ2n) is 4.11. The molecule has 0 saturated heterocycles. The first-order valence-corrected chi connectivity index (χ1v) is 7.88. The Morgan fingerprint density at radius 2 is 1.44 bits per heavy atom. The van der Waals surface area contributed by atoms with Gasteiger partial charge in [0.1, 0.15) is 0 Å². The van der Waals surface area contributed by atoms with Crippen molar-refractivity contribution in [2.75, 3.05) is 6.54 Å². The zero-order valence-corrected chi connectivity index (χ0v) is 14.3. The van der Waals surface area contributed by atoms with E-state index in [1.165, 1.54) is 0 Å². The van der Waals surface area contributed by atoms with Gasteiger partial charge >= 0.3 is 0 Å². The molecule has 1 atom stereocenters. The smallest absolute Gasteiger partial charge is 0.225 e. The van der Waals surface area contributed by atoms with Crippen molar-refractivity contribution >= 4 is 5.91 Å². The van der Waals surface area contributed by atoms with Gasteiger partial charge < -0.3 is 4.90 Å². The molecule has 18 heavy (non-hydrogen) atoms. The van der Waals surface area contributed by atoms with E-state index < -0.39 is 0 Å². The van der Waals surface area contributed by atoms with Crippen molar-refractivity contribution in [3.8, 4) is 0 Å². The molecule has 0 aliphatic carbocycles. The minimum absolute atomic E-state index is 0.238. The van der Waals surface area contributed by atoms with E-state index in [-0.39, 0.29) is 5.92 Å². The second-order valence-corrected chi connectivity index (χ2v) is 4.11. The van der Waals surface area contributed by atoms with Crippen LogP contribution in [0.3, 0.4) is 0 Å². The Balaban J connectivity index is -0.000000506. The average molecular weight is 259 g/mol. The predicted molar refractivity (Wildman–Crippen MR) is 83.9 cm³/mol. The Morgan fingerprint density at radius 1 is 1.00 bits per heavy atom. The van der Waals surface area contributed by atoms with Gasteiger partial charge in [0.2, 0.25) is 5.91 Å². The van der Waals surface area contributed by atoms with E-state index in [9.17, 15) is 4.79 Å². The van der Waals surface area contributed by atoms with Crippen LogP contribution < -0.4 is 0 Å². The number of amides is 1. The van der Waals surface area contributed by atoms with E-state index in [0.29, 0.717) is 11.9 Å². The fraction of sp³-hybridized carbons (Fsp3) is 0.938.